The van der Waals surface area contributed by atoms with E-state index in [-0.39, 0.29) is 0 Å². The molecule has 3 rings (SSSR count). The van der Waals surface area contributed by atoms with Crippen molar-refractivity contribution in [3.63, 3.8) is 0 Å². The summed E-state index contributed by atoms with van der Waals surface area (Å²) in [5.41, 5.74) is 2.73. The largest absolute Gasteiger partial charge is 0.378 e. The zero-order valence-electron chi connectivity index (χ0n) is 11.0. The molecule has 2 aromatic heterocycles. The van der Waals surface area contributed by atoms with Crippen molar-refractivity contribution < 1.29 is 4.74 Å². The molecule has 1 aliphatic heterocycles. The summed E-state index contributed by atoms with van der Waals surface area (Å²) in [5, 5.41) is 0. The van der Waals surface area contributed by atoms with Crippen molar-refractivity contribution in [3.8, 4) is 0 Å². The molecule has 0 radical (unpaired) electrons. The summed E-state index contributed by atoms with van der Waals surface area (Å²) in [6.07, 6.45) is 0. The molecular formula is C12H17N5O. The molecule has 1 fully saturated rings. The third kappa shape index (κ3) is 1.73. The van der Waals surface area contributed by atoms with Crippen LogP contribution in [0.1, 0.15) is 11.5 Å². The van der Waals surface area contributed by atoms with Crippen LogP contribution in [0.5, 0.6) is 0 Å². The molecule has 0 amide bonds. The summed E-state index contributed by atoms with van der Waals surface area (Å²) in [6, 6.07) is 0. The van der Waals surface area contributed by atoms with E-state index < -0.39 is 0 Å². The highest BCUT2D eigenvalue weighted by Crippen LogP contribution is 2.19. The van der Waals surface area contributed by atoms with Gasteiger partial charge in [-0.1, -0.05) is 0 Å². The van der Waals surface area contributed by atoms with Crippen LogP contribution in [0.3, 0.4) is 0 Å². The van der Waals surface area contributed by atoms with Gasteiger partial charge >= 0.3 is 0 Å². The van der Waals surface area contributed by atoms with Crippen LogP contribution < -0.4 is 4.90 Å². The monoisotopic (exact) mass is 247 g/mol. The SMILES string of the molecule is Cc1nc(N2CCOCC2)nc2c1nc(C)n2C. The van der Waals surface area contributed by atoms with Gasteiger partial charge in [0.25, 0.3) is 0 Å². The van der Waals surface area contributed by atoms with Crippen molar-refractivity contribution in [3.05, 3.63) is 11.5 Å². The first kappa shape index (κ1) is 11.4. The second kappa shape index (κ2) is 4.20. The maximum absolute atomic E-state index is 5.35. The number of morpholine rings is 1. The Hall–Kier alpha value is -1.69. The number of aromatic nitrogens is 4. The van der Waals surface area contributed by atoms with E-state index in [2.05, 4.69) is 19.9 Å². The van der Waals surface area contributed by atoms with Crippen LogP contribution in [0.2, 0.25) is 0 Å². The summed E-state index contributed by atoms with van der Waals surface area (Å²) in [4.78, 5) is 15.9. The maximum Gasteiger partial charge on any atom is 0.227 e. The Morgan fingerprint density at radius 3 is 2.50 bits per heavy atom. The van der Waals surface area contributed by atoms with E-state index in [0.29, 0.717) is 0 Å². The highest BCUT2D eigenvalue weighted by Gasteiger charge is 2.17. The third-order valence-corrected chi connectivity index (χ3v) is 3.40. The Bertz CT molecular complexity index is 586. The van der Waals surface area contributed by atoms with Crippen molar-refractivity contribution in [2.75, 3.05) is 31.2 Å². The summed E-state index contributed by atoms with van der Waals surface area (Å²) in [5.74, 6) is 1.74. The lowest BCUT2D eigenvalue weighted by Gasteiger charge is -2.26. The van der Waals surface area contributed by atoms with E-state index in [1.165, 1.54) is 0 Å². The Morgan fingerprint density at radius 2 is 1.78 bits per heavy atom. The Kier molecular flexibility index (Phi) is 2.66. The van der Waals surface area contributed by atoms with E-state index in [1.807, 2.05) is 25.5 Å². The molecule has 96 valence electrons. The van der Waals surface area contributed by atoms with Crippen molar-refractivity contribution in [2.24, 2.45) is 7.05 Å². The minimum absolute atomic E-state index is 0.741. The van der Waals surface area contributed by atoms with Crippen LogP contribution in [-0.2, 0) is 11.8 Å². The molecule has 1 aliphatic rings. The van der Waals surface area contributed by atoms with Gasteiger partial charge in [0.15, 0.2) is 5.65 Å². The topological polar surface area (TPSA) is 56.1 Å². The Morgan fingerprint density at radius 1 is 1.06 bits per heavy atom. The maximum atomic E-state index is 5.35. The number of rotatable bonds is 1. The number of fused-ring (bicyclic) bond motifs is 1. The molecule has 0 aromatic carbocycles. The number of hydrogen-bond donors (Lipinski definition) is 0. The molecule has 6 heteroatoms. The first-order valence-electron chi connectivity index (χ1n) is 6.17. The molecule has 0 unspecified atom stereocenters. The molecule has 6 nitrogen and oxygen atoms in total. The Balaban J connectivity index is 2.10. The summed E-state index contributed by atoms with van der Waals surface area (Å²) >= 11 is 0. The molecular weight excluding hydrogens is 230 g/mol. The van der Waals surface area contributed by atoms with Gasteiger partial charge in [0.05, 0.1) is 18.9 Å². The van der Waals surface area contributed by atoms with Crippen molar-refractivity contribution in [1.29, 1.82) is 0 Å². The zero-order chi connectivity index (χ0) is 12.7. The van der Waals surface area contributed by atoms with Gasteiger partial charge in [-0.15, -0.1) is 0 Å². The van der Waals surface area contributed by atoms with Gasteiger partial charge in [0.1, 0.15) is 11.3 Å². The fourth-order valence-corrected chi connectivity index (χ4v) is 2.20. The van der Waals surface area contributed by atoms with Crippen LogP contribution in [0.4, 0.5) is 5.95 Å². The first-order chi connectivity index (χ1) is 8.66. The molecule has 0 atom stereocenters. The standard InChI is InChI=1S/C12H17N5O/c1-8-10-11(16(3)9(2)14-10)15-12(13-8)17-4-6-18-7-5-17/h4-7H2,1-3H3. The van der Waals surface area contributed by atoms with E-state index >= 15 is 0 Å². The molecule has 2 aromatic rings. The predicted octanol–water partition coefficient (Wildman–Crippen LogP) is 0.817. The minimum Gasteiger partial charge on any atom is -0.378 e. The number of aryl methyl sites for hydroxylation is 3. The van der Waals surface area contributed by atoms with Crippen LogP contribution in [-0.4, -0.2) is 45.8 Å². The van der Waals surface area contributed by atoms with Gasteiger partial charge in [-0.2, -0.15) is 4.98 Å². The van der Waals surface area contributed by atoms with E-state index in [9.17, 15) is 0 Å². The number of anilines is 1. The average molecular weight is 247 g/mol. The quantitative estimate of drug-likeness (QED) is 0.746. The van der Waals surface area contributed by atoms with Crippen molar-refractivity contribution in [2.45, 2.75) is 13.8 Å². The molecule has 3 heterocycles. The van der Waals surface area contributed by atoms with Gasteiger partial charge < -0.3 is 14.2 Å². The predicted molar refractivity (Wildman–Crippen MR) is 68.8 cm³/mol. The number of imidazole rings is 1. The van der Waals surface area contributed by atoms with E-state index in [0.717, 1.165) is 54.9 Å². The van der Waals surface area contributed by atoms with Gasteiger partial charge in [0, 0.05) is 20.1 Å². The minimum atomic E-state index is 0.741. The van der Waals surface area contributed by atoms with Gasteiger partial charge in [-0.05, 0) is 13.8 Å². The van der Waals surface area contributed by atoms with Crippen LogP contribution in [0, 0.1) is 13.8 Å². The van der Waals surface area contributed by atoms with E-state index in [1.54, 1.807) is 0 Å². The van der Waals surface area contributed by atoms with Gasteiger partial charge in [0.2, 0.25) is 5.95 Å². The second-order valence-corrected chi connectivity index (χ2v) is 4.60. The third-order valence-electron chi connectivity index (χ3n) is 3.40. The number of hydrogen-bond acceptors (Lipinski definition) is 5. The second-order valence-electron chi connectivity index (χ2n) is 4.60. The fourth-order valence-electron chi connectivity index (χ4n) is 2.20. The first-order valence-corrected chi connectivity index (χ1v) is 6.17. The smallest absolute Gasteiger partial charge is 0.227 e. The molecule has 18 heavy (non-hydrogen) atoms. The number of nitrogens with zero attached hydrogens (tertiary/aromatic N) is 5. The zero-order valence-corrected chi connectivity index (χ0v) is 11.0. The highest BCUT2D eigenvalue weighted by molar-refractivity contribution is 5.75. The van der Waals surface area contributed by atoms with Crippen LogP contribution in [0.25, 0.3) is 11.2 Å². The average Bonchev–Trinajstić information content (AvgIpc) is 2.68. The normalized spacial score (nSPS) is 16.5. The lowest BCUT2D eigenvalue weighted by molar-refractivity contribution is 0.122. The molecule has 0 aliphatic carbocycles. The summed E-state index contributed by atoms with van der Waals surface area (Å²) < 4.78 is 7.36. The number of ether oxygens (including phenoxy) is 1. The van der Waals surface area contributed by atoms with Crippen molar-refractivity contribution in [1.82, 2.24) is 19.5 Å². The van der Waals surface area contributed by atoms with Crippen LogP contribution >= 0.6 is 0 Å². The molecule has 0 spiro atoms. The van der Waals surface area contributed by atoms with Crippen LogP contribution in [0.15, 0.2) is 0 Å². The molecule has 1 saturated heterocycles. The lowest BCUT2D eigenvalue weighted by Crippen LogP contribution is -2.37. The lowest BCUT2D eigenvalue weighted by atomic mass is 10.4. The summed E-state index contributed by atoms with van der Waals surface area (Å²) in [7, 11) is 1.99. The van der Waals surface area contributed by atoms with Gasteiger partial charge in [-0.3, -0.25) is 0 Å². The fraction of sp³-hybridized carbons (Fsp3) is 0.583. The van der Waals surface area contributed by atoms with E-state index in [4.69, 9.17) is 4.74 Å². The molecule has 0 N–H and O–H groups in total. The highest BCUT2D eigenvalue weighted by atomic mass is 16.5. The molecule has 0 bridgehead atoms. The Labute approximate surface area is 106 Å². The van der Waals surface area contributed by atoms with Crippen molar-refractivity contribution >= 4 is 17.1 Å². The summed E-state index contributed by atoms with van der Waals surface area (Å²) in [6.45, 7) is 7.15. The van der Waals surface area contributed by atoms with Gasteiger partial charge in [-0.25, -0.2) is 9.97 Å². The molecule has 0 saturated carbocycles.